The Morgan fingerprint density at radius 2 is 1.52 bits per heavy atom. The Labute approximate surface area is 195 Å². The van der Waals surface area contributed by atoms with E-state index in [0.717, 1.165) is 12.2 Å². The lowest BCUT2D eigenvalue weighted by Crippen LogP contribution is -2.29. The van der Waals surface area contributed by atoms with Crippen LogP contribution in [-0.2, 0) is 26.3 Å². The Hall–Kier alpha value is 0.0600. The second kappa shape index (κ2) is 14.3. The molecule has 190 valence electrons. The molecular formula is C21H46O7S3. The molecule has 0 radical (unpaired) electrons. The van der Waals surface area contributed by atoms with Crippen LogP contribution in [0.4, 0.5) is 0 Å². The van der Waals surface area contributed by atoms with Crippen LogP contribution in [0.5, 0.6) is 0 Å². The lowest BCUT2D eigenvalue weighted by molar-refractivity contribution is -0.145. The highest BCUT2D eigenvalue weighted by atomic mass is 32.4. The number of rotatable bonds is 17. The van der Waals surface area contributed by atoms with Gasteiger partial charge in [-0.15, -0.1) is 20.6 Å². The van der Waals surface area contributed by atoms with Crippen molar-refractivity contribution in [2.75, 3.05) is 76.0 Å². The van der Waals surface area contributed by atoms with Crippen molar-refractivity contribution in [3.63, 3.8) is 0 Å². The molecule has 0 saturated heterocycles. The van der Waals surface area contributed by atoms with Crippen molar-refractivity contribution in [1.29, 1.82) is 0 Å². The SMILES string of the molecule is C=C(C)C(=O)OCC(COCCCS(C)(OS(C)(C)C)OS(C)(C)C)OCCC(C)O. The van der Waals surface area contributed by atoms with Crippen molar-refractivity contribution < 1.29 is 31.4 Å². The van der Waals surface area contributed by atoms with E-state index in [-0.39, 0.29) is 6.61 Å². The molecule has 0 bridgehead atoms. The molecule has 31 heavy (non-hydrogen) atoms. The van der Waals surface area contributed by atoms with E-state index in [9.17, 15) is 9.90 Å². The molecule has 0 saturated carbocycles. The predicted molar refractivity (Wildman–Crippen MR) is 139 cm³/mol. The van der Waals surface area contributed by atoms with Gasteiger partial charge in [-0.05, 0) is 64.2 Å². The van der Waals surface area contributed by atoms with Crippen molar-refractivity contribution in [3.05, 3.63) is 12.2 Å². The minimum absolute atomic E-state index is 0.0848. The minimum atomic E-state index is -1.65. The van der Waals surface area contributed by atoms with E-state index in [1.165, 1.54) is 0 Å². The molecule has 0 spiro atoms. The van der Waals surface area contributed by atoms with Gasteiger partial charge in [0.05, 0.1) is 12.7 Å². The van der Waals surface area contributed by atoms with Crippen LogP contribution < -0.4 is 0 Å². The first-order chi connectivity index (χ1) is 14.0. The van der Waals surface area contributed by atoms with Crippen LogP contribution in [-0.4, -0.2) is 99.3 Å². The average Bonchev–Trinajstić information content (AvgIpc) is 2.54. The number of ether oxygens (including phenoxy) is 3. The monoisotopic (exact) mass is 506 g/mol. The minimum Gasteiger partial charge on any atom is -0.459 e. The van der Waals surface area contributed by atoms with Crippen LogP contribution in [0.15, 0.2) is 12.2 Å². The molecule has 0 aromatic rings. The Morgan fingerprint density at radius 3 is 1.97 bits per heavy atom. The standard InChI is InChI=1S/C21H46O7S3/c1-18(2)21(23)26-17-20(25-14-12-19(3)22)16-24-13-11-15-31(10,27-29(4,5)6)28-30(7,8)9/h19-20,22H,1,11-17H2,2-10H3. The summed E-state index contributed by atoms with van der Waals surface area (Å²) in [6.07, 6.45) is 15.3. The molecule has 0 aliphatic carbocycles. The molecule has 2 atom stereocenters. The van der Waals surface area contributed by atoms with Gasteiger partial charge in [-0.1, -0.05) is 6.58 Å². The third kappa shape index (κ3) is 18.2. The highest BCUT2D eigenvalue weighted by molar-refractivity contribution is 8.44. The van der Waals surface area contributed by atoms with E-state index in [1.54, 1.807) is 13.8 Å². The van der Waals surface area contributed by atoms with E-state index in [4.69, 9.17) is 21.5 Å². The Morgan fingerprint density at radius 1 is 0.968 bits per heavy atom. The number of carbonyl (C=O) groups excluding carboxylic acids is 1. The molecule has 10 heteroatoms. The number of aliphatic hydroxyl groups excluding tert-OH is 1. The molecule has 0 amide bonds. The lowest BCUT2D eigenvalue weighted by Gasteiger charge is -2.49. The van der Waals surface area contributed by atoms with Crippen molar-refractivity contribution in [1.82, 2.24) is 0 Å². The van der Waals surface area contributed by atoms with Crippen LogP contribution in [0.1, 0.15) is 26.7 Å². The Bertz CT molecular complexity index is 526. The third-order valence-corrected chi connectivity index (χ3v) is 10.0. The first-order valence-electron chi connectivity index (χ1n) is 10.3. The molecule has 0 rings (SSSR count). The molecule has 0 aliphatic rings. The summed E-state index contributed by atoms with van der Waals surface area (Å²) in [5.41, 5.74) is 0.341. The van der Waals surface area contributed by atoms with Gasteiger partial charge >= 0.3 is 5.97 Å². The van der Waals surface area contributed by atoms with Crippen LogP contribution in [0, 0.1) is 0 Å². The smallest absolute Gasteiger partial charge is 0.333 e. The van der Waals surface area contributed by atoms with Crippen LogP contribution in [0.3, 0.4) is 0 Å². The first-order valence-corrected chi connectivity index (χ1v) is 17.9. The maximum Gasteiger partial charge on any atom is 0.333 e. The second-order valence-electron chi connectivity index (χ2n) is 9.15. The normalized spacial score (nSPS) is 16.5. The maximum atomic E-state index is 11.7. The number of hydrogen-bond donors (Lipinski definition) is 1. The van der Waals surface area contributed by atoms with Gasteiger partial charge in [-0.25, -0.2) is 12.1 Å². The zero-order valence-corrected chi connectivity index (χ0v) is 23.4. The highest BCUT2D eigenvalue weighted by Crippen LogP contribution is 2.65. The van der Waals surface area contributed by atoms with Gasteiger partial charge < -0.3 is 19.3 Å². The van der Waals surface area contributed by atoms with Crippen molar-refractivity contribution in [2.24, 2.45) is 0 Å². The molecule has 0 aromatic carbocycles. The average molecular weight is 507 g/mol. The summed E-state index contributed by atoms with van der Waals surface area (Å²) in [5.74, 6) is 0.340. The molecule has 0 heterocycles. The van der Waals surface area contributed by atoms with Gasteiger partial charge in [-0.2, -0.15) is 10.6 Å². The third-order valence-electron chi connectivity index (χ3n) is 3.44. The summed E-state index contributed by atoms with van der Waals surface area (Å²) >= 11 is 0. The summed E-state index contributed by atoms with van der Waals surface area (Å²) in [5, 5.41) is 9.41. The summed E-state index contributed by atoms with van der Waals surface area (Å²) < 4.78 is 29.5. The van der Waals surface area contributed by atoms with Gasteiger partial charge in [0.15, 0.2) is 0 Å². The van der Waals surface area contributed by atoms with Crippen LogP contribution >= 0.6 is 31.2 Å². The molecular weight excluding hydrogens is 460 g/mol. The topological polar surface area (TPSA) is 83.5 Å². The van der Waals surface area contributed by atoms with Crippen LogP contribution in [0.2, 0.25) is 0 Å². The van der Waals surface area contributed by atoms with Gasteiger partial charge in [0.2, 0.25) is 0 Å². The summed E-state index contributed by atoms with van der Waals surface area (Å²) in [6, 6.07) is 0. The highest BCUT2D eigenvalue weighted by Gasteiger charge is 2.25. The maximum absolute atomic E-state index is 11.7. The van der Waals surface area contributed by atoms with E-state index in [0.29, 0.717) is 31.8 Å². The van der Waals surface area contributed by atoms with Gasteiger partial charge in [0.25, 0.3) is 0 Å². The van der Waals surface area contributed by atoms with Gasteiger partial charge in [-0.3, -0.25) is 0 Å². The van der Waals surface area contributed by atoms with E-state index < -0.39 is 49.4 Å². The fourth-order valence-corrected chi connectivity index (χ4v) is 10.8. The summed E-state index contributed by atoms with van der Waals surface area (Å²) in [7, 11) is -3.98. The van der Waals surface area contributed by atoms with Gasteiger partial charge in [0.1, 0.15) is 12.7 Å². The molecule has 0 aromatic heterocycles. The summed E-state index contributed by atoms with van der Waals surface area (Å²) in [6.45, 7) is 8.16. The molecule has 2 unspecified atom stereocenters. The second-order valence-corrected chi connectivity index (χ2v) is 19.4. The largest absolute Gasteiger partial charge is 0.459 e. The van der Waals surface area contributed by atoms with Crippen molar-refractivity contribution >= 4 is 37.2 Å². The van der Waals surface area contributed by atoms with Crippen molar-refractivity contribution in [3.8, 4) is 0 Å². The number of hydrogen-bond acceptors (Lipinski definition) is 7. The number of esters is 1. The number of carbonyl (C=O) groups is 1. The predicted octanol–water partition coefficient (Wildman–Crippen LogP) is 4.18. The van der Waals surface area contributed by atoms with Crippen LogP contribution in [0.25, 0.3) is 0 Å². The fourth-order valence-electron chi connectivity index (χ4n) is 2.42. The fraction of sp³-hybridized carbons (Fsp3) is 0.857. The zero-order valence-electron chi connectivity index (χ0n) is 20.9. The molecule has 7 nitrogen and oxygen atoms in total. The lowest BCUT2D eigenvalue weighted by atomic mass is 10.3. The first kappa shape index (κ1) is 31.1. The number of aliphatic hydroxyl groups is 1. The zero-order chi connectivity index (χ0) is 24.3. The van der Waals surface area contributed by atoms with E-state index in [1.807, 2.05) is 0 Å². The Balaban J connectivity index is 4.63. The Kier molecular flexibility index (Phi) is 14.4. The van der Waals surface area contributed by atoms with E-state index in [2.05, 4.69) is 50.4 Å². The van der Waals surface area contributed by atoms with Crippen molar-refractivity contribution in [2.45, 2.75) is 38.9 Å². The summed E-state index contributed by atoms with van der Waals surface area (Å²) in [4.78, 5) is 11.7. The molecule has 0 aliphatic heterocycles. The van der Waals surface area contributed by atoms with E-state index >= 15 is 0 Å². The molecule has 1 N–H and O–H groups in total. The van der Waals surface area contributed by atoms with Gasteiger partial charge in [0, 0.05) is 30.8 Å². The quantitative estimate of drug-likeness (QED) is 0.180. The molecule has 0 fully saturated rings.